The first-order valence-electron chi connectivity index (χ1n) is 6.91. The lowest BCUT2D eigenvalue weighted by atomic mass is 10.1. The number of aromatic nitrogens is 2. The minimum absolute atomic E-state index is 0.468. The summed E-state index contributed by atoms with van der Waals surface area (Å²) in [4.78, 5) is 5.14. The van der Waals surface area contributed by atoms with E-state index in [-0.39, 0.29) is 0 Å². The SMILES string of the molecule is Cc1cccc(Cn2c(CC(N)=S)nc3ccccc32)c1. The van der Waals surface area contributed by atoms with Crippen molar-refractivity contribution in [2.45, 2.75) is 19.9 Å². The molecule has 3 aromatic rings. The number of thiocarbonyl (C=S) groups is 1. The Hall–Kier alpha value is -2.20. The number of hydrogen-bond donors (Lipinski definition) is 1. The van der Waals surface area contributed by atoms with Crippen LogP contribution in [0.3, 0.4) is 0 Å². The van der Waals surface area contributed by atoms with E-state index in [1.807, 2.05) is 18.2 Å². The summed E-state index contributed by atoms with van der Waals surface area (Å²) in [6.45, 7) is 2.88. The first-order chi connectivity index (χ1) is 10.1. The van der Waals surface area contributed by atoms with Crippen LogP contribution < -0.4 is 5.73 Å². The Bertz CT molecular complexity index is 805. The molecule has 3 nitrogen and oxygen atoms in total. The normalized spacial score (nSPS) is 10.9. The van der Waals surface area contributed by atoms with Crippen LogP contribution in [0.15, 0.2) is 48.5 Å². The minimum atomic E-state index is 0.468. The Balaban J connectivity index is 2.08. The smallest absolute Gasteiger partial charge is 0.116 e. The van der Waals surface area contributed by atoms with Crippen LogP contribution in [0.4, 0.5) is 0 Å². The molecule has 1 heterocycles. The highest BCUT2D eigenvalue weighted by molar-refractivity contribution is 7.80. The maximum absolute atomic E-state index is 5.71. The van der Waals surface area contributed by atoms with E-state index < -0.39 is 0 Å². The Morgan fingerprint density at radius 1 is 1.19 bits per heavy atom. The Morgan fingerprint density at radius 2 is 2.00 bits per heavy atom. The zero-order valence-corrected chi connectivity index (χ0v) is 12.7. The van der Waals surface area contributed by atoms with Gasteiger partial charge in [0.25, 0.3) is 0 Å². The van der Waals surface area contributed by atoms with Gasteiger partial charge in [-0.3, -0.25) is 0 Å². The third-order valence-electron chi connectivity index (χ3n) is 3.49. The van der Waals surface area contributed by atoms with Crippen LogP contribution in [-0.2, 0) is 13.0 Å². The number of nitrogens with two attached hydrogens (primary N) is 1. The van der Waals surface area contributed by atoms with Crippen molar-refractivity contribution in [1.29, 1.82) is 0 Å². The van der Waals surface area contributed by atoms with Gasteiger partial charge in [-0.15, -0.1) is 0 Å². The molecule has 0 saturated carbocycles. The topological polar surface area (TPSA) is 43.8 Å². The summed E-state index contributed by atoms with van der Waals surface area (Å²) in [6, 6.07) is 16.6. The molecule has 2 aromatic carbocycles. The van der Waals surface area contributed by atoms with Crippen LogP contribution in [0.1, 0.15) is 17.0 Å². The molecular weight excluding hydrogens is 278 g/mol. The fraction of sp³-hybridized carbons (Fsp3) is 0.176. The van der Waals surface area contributed by atoms with E-state index in [0.717, 1.165) is 23.4 Å². The third-order valence-corrected chi connectivity index (χ3v) is 3.63. The molecule has 0 atom stereocenters. The number of hydrogen-bond acceptors (Lipinski definition) is 2. The van der Waals surface area contributed by atoms with Crippen molar-refractivity contribution in [3.8, 4) is 0 Å². The molecule has 0 fully saturated rings. The highest BCUT2D eigenvalue weighted by Crippen LogP contribution is 2.19. The van der Waals surface area contributed by atoms with Gasteiger partial charge in [-0.05, 0) is 24.6 Å². The summed E-state index contributed by atoms with van der Waals surface area (Å²) in [7, 11) is 0. The molecule has 0 amide bonds. The van der Waals surface area contributed by atoms with Gasteiger partial charge in [-0.25, -0.2) is 4.98 Å². The van der Waals surface area contributed by atoms with Crippen molar-refractivity contribution in [2.24, 2.45) is 5.73 Å². The molecule has 1 aromatic heterocycles. The van der Waals surface area contributed by atoms with E-state index in [1.54, 1.807) is 0 Å². The number of fused-ring (bicyclic) bond motifs is 1. The van der Waals surface area contributed by atoms with E-state index in [2.05, 4.69) is 46.8 Å². The lowest BCUT2D eigenvalue weighted by molar-refractivity contribution is 0.773. The quantitative estimate of drug-likeness (QED) is 0.752. The second-order valence-corrected chi connectivity index (χ2v) is 5.76. The predicted molar refractivity (Wildman–Crippen MR) is 90.5 cm³/mol. The Morgan fingerprint density at radius 3 is 2.76 bits per heavy atom. The number of imidazole rings is 1. The van der Waals surface area contributed by atoms with Gasteiger partial charge in [0.2, 0.25) is 0 Å². The molecule has 0 unspecified atom stereocenters. The maximum Gasteiger partial charge on any atom is 0.116 e. The van der Waals surface area contributed by atoms with Crippen molar-refractivity contribution in [3.63, 3.8) is 0 Å². The lowest BCUT2D eigenvalue weighted by Gasteiger charge is -2.09. The van der Waals surface area contributed by atoms with Crippen molar-refractivity contribution in [3.05, 3.63) is 65.5 Å². The first kappa shape index (κ1) is 13.8. The summed E-state index contributed by atoms with van der Waals surface area (Å²) in [5.74, 6) is 0.921. The molecule has 2 N–H and O–H groups in total. The van der Waals surface area contributed by atoms with Crippen molar-refractivity contribution in [1.82, 2.24) is 9.55 Å². The number of nitrogens with zero attached hydrogens (tertiary/aromatic N) is 2. The molecule has 0 spiro atoms. The van der Waals surface area contributed by atoms with Crippen molar-refractivity contribution >= 4 is 28.2 Å². The Labute approximate surface area is 129 Å². The summed E-state index contributed by atoms with van der Waals surface area (Å²) < 4.78 is 2.20. The van der Waals surface area contributed by atoms with Gasteiger partial charge in [0.05, 0.1) is 22.4 Å². The zero-order chi connectivity index (χ0) is 14.8. The number of aryl methyl sites for hydroxylation is 1. The predicted octanol–water partition coefficient (Wildman–Crippen LogP) is 3.22. The molecule has 0 saturated heterocycles. The highest BCUT2D eigenvalue weighted by Gasteiger charge is 2.11. The first-order valence-corrected chi connectivity index (χ1v) is 7.32. The van der Waals surface area contributed by atoms with Gasteiger partial charge in [0, 0.05) is 6.54 Å². The van der Waals surface area contributed by atoms with Gasteiger partial charge in [-0.1, -0.05) is 54.2 Å². The van der Waals surface area contributed by atoms with Crippen LogP contribution in [-0.4, -0.2) is 14.5 Å². The standard InChI is InChI=1S/C17H17N3S/c1-12-5-4-6-13(9-12)11-20-15-8-3-2-7-14(15)19-17(20)10-16(18)21/h2-9H,10-11H2,1H3,(H2,18,21). The fourth-order valence-electron chi connectivity index (χ4n) is 2.59. The molecule has 0 bridgehead atoms. The number of benzene rings is 2. The van der Waals surface area contributed by atoms with Crippen LogP contribution in [0, 0.1) is 6.92 Å². The van der Waals surface area contributed by atoms with Gasteiger partial charge in [0.1, 0.15) is 5.82 Å². The molecule has 4 heteroatoms. The molecule has 0 aliphatic rings. The van der Waals surface area contributed by atoms with E-state index in [1.165, 1.54) is 11.1 Å². The van der Waals surface area contributed by atoms with Crippen LogP contribution >= 0.6 is 12.2 Å². The molecule has 3 rings (SSSR count). The molecule has 0 aliphatic heterocycles. The largest absolute Gasteiger partial charge is 0.393 e. The van der Waals surface area contributed by atoms with E-state index in [9.17, 15) is 0 Å². The summed E-state index contributed by atoms with van der Waals surface area (Å²) in [5.41, 5.74) is 10.3. The lowest BCUT2D eigenvalue weighted by Crippen LogP contribution is -2.16. The molecule has 0 radical (unpaired) electrons. The second-order valence-electron chi connectivity index (χ2n) is 5.24. The van der Waals surface area contributed by atoms with Crippen LogP contribution in [0.25, 0.3) is 11.0 Å². The fourth-order valence-corrected chi connectivity index (χ4v) is 2.71. The summed E-state index contributed by atoms with van der Waals surface area (Å²) in [6.07, 6.45) is 0.524. The monoisotopic (exact) mass is 295 g/mol. The highest BCUT2D eigenvalue weighted by atomic mass is 32.1. The minimum Gasteiger partial charge on any atom is -0.393 e. The summed E-state index contributed by atoms with van der Waals surface area (Å²) >= 11 is 5.05. The third kappa shape index (κ3) is 2.95. The number of rotatable bonds is 4. The van der Waals surface area contributed by atoms with Gasteiger partial charge >= 0.3 is 0 Å². The van der Waals surface area contributed by atoms with E-state index in [4.69, 9.17) is 18.0 Å². The average Bonchev–Trinajstić information content (AvgIpc) is 2.76. The van der Waals surface area contributed by atoms with Crippen molar-refractivity contribution in [2.75, 3.05) is 0 Å². The van der Waals surface area contributed by atoms with E-state index in [0.29, 0.717) is 11.4 Å². The Kier molecular flexibility index (Phi) is 3.71. The van der Waals surface area contributed by atoms with Gasteiger partial charge in [-0.2, -0.15) is 0 Å². The van der Waals surface area contributed by atoms with Gasteiger partial charge in [0.15, 0.2) is 0 Å². The van der Waals surface area contributed by atoms with Crippen LogP contribution in [0.2, 0.25) is 0 Å². The number of para-hydroxylation sites is 2. The van der Waals surface area contributed by atoms with Gasteiger partial charge < -0.3 is 10.3 Å². The van der Waals surface area contributed by atoms with Crippen LogP contribution in [0.5, 0.6) is 0 Å². The molecular formula is C17H17N3S. The van der Waals surface area contributed by atoms with Crippen molar-refractivity contribution < 1.29 is 0 Å². The zero-order valence-electron chi connectivity index (χ0n) is 11.9. The summed E-state index contributed by atoms with van der Waals surface area (Å²) in [5, 5.41) is 0. The molecule has 21 heavy (non-hydrogen) atoms. The molecule has 106 valence electrons. The maximum atomic E-state index is 5.71. The average molecular weight is 295 g/mol. The molecule has 0 aliphatic carbocycles. The van der Waals surface area contributed by atoms with E-state index >= 15 is 0 Å². The second kappa shape index (κ2) is 5.66.